The van der Waals surface area contributed by atoms with Crippen molar-refractivity contribution in [3.63, 3.8) is 0 Å². The molecule has 6 nitrogen and oxygen atoms in total. The third kappa shape index (κ3) is 3.55. The number of likely N-dealkylation sites (tertiary alicyclic amines) is 2. The summed E-state index contributed by atoms with van der Waals surface area (Å²) < 4.78 is 5.25. The Hall–Kier alpha value is -2.08. The second-order valence-corrected chi connectivity index (χ2v) is 8.08. The molecule has 4 atom stereocenters. The summed E-state index contributed by atoms with van der Waals surface area (Å²) in [6.07, 6.45) is 4.46. The van der Waals surface area contributed by atoms with Crippen LogP contribution in [0.25, 0.3) is 0 Å². The molecular weight excluding hydrogens is 342 g/mol. The molecule has 146 valence electrons. The third-order valence-electron chi connectivity index (χ3n) is 6.47. The van der Waals surface area contributed by atoms with Crippen molar-refractivity contribution in [2.75, 3.05) is 27.2 Å². The average molecular weight is 371 g/mol. The summed E-state index contributed by atoms with van der Waals surface area (Å²) in [5.74, 6) is 0.903. The van der Waals surface area contributed by atoms with Gasteiger partial charge >= 0.3 is 0 Å². The first kappa shape index (κ1) is 18.3. The summed E-state index contributed by atoms with van der Waals surface area (Å²) in [7, 11) is 3.46. The van der Waals surface area contributed by atoms with Gasteiger partial charge in [-0.3, -0.25) is 9.59 Å². The molecule has 0 aromatic heterocycles. The highest BCUT2D eigenvalue weighted by Crippen LogP contribution is 2.38. The molecule has 1 aromatic rings. The number of carbonyl (C=O) groups excluding carboxylic acids is 2. The van der Waals surface area contributed by atoms with E-state index < -0.39 is 0 Å². The lowest BCUT2D eigenvalue weighted by Crippen LogP contribution is -2.49. The Morgan fingerprint density at radius 2 is 1.85 bits per heavy atom. The van der Waals surface area contributed by atoms with Crippen molar-refractivity contribution < 1.29 is 14.3 Å². The highest BCUT2D eigenvalue weighted by atomic mass is 16.5. The number of nitrogens with one attached hydrogen (secondary N) is 1. The number of piperidine rings is 1. The van der Waals surface area contributed by atoms with E-state index >= 15 is 0 Å². The van der Waals surface area contributed by atoms with E-state index in [4.69, 9.17) is 4.74 Å². The fraction of sp³-hybridized carbons (Fsp3) is 0.619. The first-order chi connectivity index (χ1) is 13.1. The van der Waals surface area contributed by atoms with Crippen LogP contribution in [0, 0.1) is 5.92 Å². The minimum Gasteiger partial charge on any atom is -0.497 e. The number of hydrogen-bond acceptors (Lipinski definition) is 4. The molecule has 3 fully saturated rings. The molecule has 1 aromatic carbocycles. The number of amides is 2. The van der Waals surface area contributed by atoms with Gasteiger partial charge in [-0.05, 0) is 43.4 Å². The summed E-state index contributed by atoms with van der Waals surface area (Å²) in [5.41, 5.74) is 0.999. The largest absolute Gasteiger partial charge is 0.497 e. The van der Waals surface area contributed by atoms with Crippen LogP contribution in [0.1, 0.15) is 43.7 Å². The SMILES string of the molecule is COc1ccc(C2C(C(=O)N3CCC4CCC(C3)N4)CCC(=O)N2C)cc1. The second-order valence-electron chi connectivity index (χ2n) is 8.08. The maximum atomic E-state index is 13.5. The van der Waals surface area contributed by atoms with Crippen LogP contribution in [0.5, 0.6) is 5.75 Å². The van der Waals surface area contributed by atoms with E-state index in [1.807, 2.05) is 36.2 Å². The molecular formula is C21H29N3O3. The Bertz CT molecular complexity index is 705. The first-order valence-corrected chi connectivity index (χ1v) is 10.0. The number of rotatable bonds is 3. The normalized spacial score (nSPS) is 31.0. The second kappa shape index (κ2) is 7.50. The highest BCUT2D eigenvalue weighted by Gasteiger charge is 2.42. The van der Waals surface area contributed by atoms with Crippen molar-refractivity contribution >= 4 is 11.8 Å². The van der Waals surface area contributed by atoms with Gasteiger partial charge in [-0.15, -0.1) is 0 Å². The van der Waals surface area contributed by atoms with Gasteiger partial charge in [-0.1, -0.05) is 12.1 Å². The summed E-state index contributed by atoms with van der Waals surface area (Å²) in [6.45, 7) is 1.61. The summed E-state index contributed by atoms with van der Waals surface area (Å²) in [4.78, 5) is 29.7. The number of hydrogen-bond donors (Lipinski definition) is 1. The molecule has 3 aliphatic rings. The van der Waals surface area contributed by atoms with Crippen molar-refractivity contribution in [1.82, 2.24) is 15.1 Å². The minimum absolute atomic E-state index is 0.108. The number of nitrogens with zero attached hydrogens (tertiary/aromatic N) is 2. The lowest BCUT2D eigenvalue weighted by Gasteiger charge is -2.41. The minimum atomic E-state index is -0.210. The Labute approximate surface area is 160 Å². The molecule has 2 bridgehead atoms. The predicted molar refractivity (Wildman–Crippen MR) is 102 cm³/mol. The van der Waals surface area contributed by atoms with E-state index in [0.29, 0.717) is 24.9 Å². The molecule has 0 aliphatic carbocycles. The molecule has 0 saturated carbocycles. The van der Waals surface area contributed by atoms with E-state index in [9.17, 15) is 9.59 Å². The van der Waals surface area contributed by atoms with Crippen LogP contribution in [0.4, 0.5) is 0 Å². The molecule has 4 unspecified atom stereocenters. The molecule has 3 saturated heterocycles. The molecule has 4 rings (SSSR count). The number of carbonyl (C=O) groups is 2. The van der Waals surface area contributed by atoms with Gasteiger partial charge in [0.2, 0.25) is 11.8 Å². The third-order valence-corrected chi connectivity index (χ3v) is 6.47. The number of fused-ring (bicyclic) bond motifs is 2. The molecule has 27 heavy (non-hydrogen) atoms. The van der Waals surface area contributed by atoms with Gasteiger partial charge in [0.25, 0.3) is 0 Å². The smallest absolute Gasteiger partial charge is 0.228 e. The topological polar surface area (TPSA) is 61.9 Å². The molecule has 3 heterocycles. The molecule has 0 radical (unpaired) electrons. The van der Waals surface area contributed by atoms with Crippen LogP contribution >= 0.6 is 0 Å². The van der Waals surface area contributed by atoms with Gasteiger partial charge in [-0.25, -0.2) is 0 Å². The number of benzene rings is 1. The highest BCUT2D eigenvalue weighted by molar-refractivity contribution is 5.85. The lowest BCUT2D eigenvalue weighted by atomic mass is 9.83. The van der Waals surface area contributed by atoms with E-state index in [1.54, 1.807) is 12.0 Å². The van der Waals surface area contributed by atoms with E-state index in [2.05, 4.69) is 5.32 Å². The van der Waals surface area contributed by atoms with E-state index in [1.165, 1.54) is 6.42 Å². The van der Waals surface area contributed by atoms with Gasteiger partial charge in [-0.2, -0.15) is 0 Å². The molecule has 1 N–H and O–H groups in total. The zero-order valence-electron chi connectivity index (χ0n) is 16.2. The van der Waals surface area contributed by atoms with Gasteiger partial charge in [0, 0.05) is 38.6 Å². The van der Waals surface area contributed by atoms with Crippen molar-refractivity contribution in [3.05, 3.63) is 29.8 Å². The van der Waals surface area contributed by atoms with Gasteiger partial charge < -0.3 is 19.9 Å². The van der Waals surface area contributed by atoms with Crippen molar-refractivity contribution in [2.24, 2.45) is 5.92 Å². The zero-order valence-corrected chi connectivity index (χ0v) is 16.2. The van der Waals surface area contributed by atoms with Gasteiger partial charge in [0.05, 0.1) is 19.1 Å². The lowest BCUT2D eigenvalue weighted by molar-refractivity contribution is -0.146. The van der Waals surface area contributed by atoms with Crippen LogP contribution in [-0.4, -0.2) is 60.9 Å². The number of methoxy groups -OCH3 is 1. The maximum absolute atomic E-state index is 13.5. The van der Waals surface area contributed by atoms with Crippen LogP contribution in [-0.2, 0) is 9.59 Å². The Balaban J connectivity index is 1.58. The summed E-state index contributed by atoms with van der Waals surface area (Å²) in [6, 6.07) is 8.52. The zero-order chi connectivity index (χ0) is 19.0. The molecule has 3 aliphatic heterocycles. The molecule has 6 heteroatoms. The average Bonchev–Trinajstić information content (AvgIpc) is 3.02. The predicted octanol–water partition coefficient (Wildman–Crippen LogP) is 1.96. The summed E-state index contributed by atoms with van der Waals surface area (Å²) >= 11 is 0. The van der Waals surface area contributed by atoms with Crippen LogP contribution in [0.3, 0.4) is 0 Å². The Morgan fingerprint density at radius 3 is 2.59 bits per heavy atom. The van der Waals surface area contributed by atoms with Crippen molar-refractivity contribution in [2.45, 2.75) is 50.2 Å². The van der Waals surface area contributed by atoms with E-state index in [0.717, 1.165) is 37.2 Å². The Kier molecular flexibility index (Phi) is 5.08. The standard InChI is InChI=1S/C21H29N3O3/c1-23-19(25)10-9-18(20(23)14-3-7-17(27-2)8-4-14)21(26)24-12-11-15-5-6-16(13-24)22-15/h3-4,7-8,15-16,18,20,22H,5-6,9-13H2,1-2H3. The number of ether oxygens (including phenoxy) is 1. The monoisotopic (exact) mass is 371 g/mol. The van der Waals surface area contributed by atoms with Gasteiger partial charge in [0.1, 0.15) is 5.75 Å². The quantitative estimate of drug-likeness (QED) is 0.882. The van der Waals surface area contributed by atoms with Gasteiger partial charge in [0.15, 0.2) is 0 Å². The fourth-order valence-corrected chi connectivity index (χ4v) is 4.93. The fourth-order valence-electron chi connectivity index (χ4n) is 4.93. The van der Waals surface area contributed by atoms with Crippen molar-refractivity contribution in [1.29, 1.82) is 0 Å². The van der Waals surface area contributed by atoms with Crippen LogP contribution in [0.2, 0.25) is 0 Å². The van der Waals surface area contributed by atoms with Crippen molar-refractivity contribution in [3.8, 4) is 5.75 Å². The summed E-state index contributed by atoms with van der Waals surface area (Å²) in [5, 5.41) is 3.64. The molecule has 2 amide bonds. The Morgan fingerprint density at radius 1 is 1.11 bits per heavy atom. The maximum Gasteiger partial charge on any atom is 0.228 e. The van der Waals surface area contributed by atoms with E-state index in [-0.39, 0.29) is 23.8 Å². The van der Waals surface area contributed by atoms with Crippen LogP contribution < -0.4 is 10.1 Å². The first-order valence-electron chi connectivity index (χ1n) is 10.0. The van der Waals surface area contributed by atoms with Crippen LogP contribution in [0.15, 0.2) is 24.3 Å². The molecule has 0 spiro atoms.